The molecule has 30 heavy (non-hydrogen) atoms. The molecule has 150 valence electrons. The standard InChI is InChI=1S/C25H23N3O2/c29-25-19-5-3-7-23(27-12-14-30-15-13-27)18(19)10-11-28(25)24-16-20(24)22-9-8-17-4-1-2-6-21(17)26-22/h1-11,20,24H,12-16H2. The highest BCUT2D eigenvalue weighted by atomic mass is 16.5. The lowest BCUT2D eigenvalue weighted by Gasteiger charge is -2.29. The van der Waals surface area contributed by atoms with Crippen LogP contribution in [0.5, 0.6) is 0 Å². The maximum Gasteiger partial charge on any atom is 0.258 e. The molecule has 0 amide bonds. The molecule has 6 rings (SSSR count). The van der Waals surface area contributed by atoms with Gasteiger partial charge in [0, 0.05) is 58.8 Å². The molecule has 1 saturated carbocycles. The van der Waals surface area contributed by atoms with Crippen LogP contribution in [0.25, 0.3) is 21.7 Å². The predicted molar refractivity (Wildman–Crippen MR) is 119 cm³/mol. The highest BCUT2D eigenvalue weighted by Gasteiger charge is 2.41. The van der Waals surface area contributed by atoms with Gasteiger partial charge in [-0.3, -0.25) is 9.78 Å². The van der Waals surface area contributed by atoms with Crippen LogP contribution in [0.15, 0.2) is 71.7 Å². The van der Waals surface area contributed by atoms with Crippen molar-refractivity contribution in [2.24, 2.45) is 0 Å². The van der Waals surface area contributed by atoms with Gasteiger partial charge in [-0.1, -0.05) is 30.3 Å². The minimum absolute atomic E-state index is 0.0934. The number of pyridine rings is 2. The molecule has 2 aromatic heterocycles. The fourth-order valence-electron chi connectivity index (χ4n) is 4.71. The molecule has 1 aliphatic carbocycles. The Labute approximate surface area is 174 Å². The van der Waals surface area contributed by atoms with Crippen LogP contribution >= 0.6 is 0 Å². The first-order valence-corrected chi connectivity index (χ1v) is 10.6. The Balaban J connectivity index is 1.35. The minimum Gasteiger partial charge on any atom is -0.378 e. The van der Waals surface area contributed by atoms with Gasteiger partial charge in [0.15, 0.2) is 0 Å². The van der Waals surface area contributed by atoms with Crippen LogP contribution in [-0.4, -0.2) is 35.9 Å². The third-order valence-electron chi connectivity index (χ3n) is 6.42. The monoisotopic (exact) mass is 397 g/mol. The second-order valence-electron chi connectivity index (χ2n) is 8.20. The molecule has 2 aliphatic rings. The maximum atomic E-state index is 13.3. The van der Waals surface area contributed by atoms with E-state index in [1.165, 1.54) is 0 Å². The molecule has 2 unspecified atom stereocenters. The van der Waals surface area contributed by atoms with Crippen LogP contribution in [0.2, 0.25) is 0 Å². The first-order valence-electron chi connectivity index (χ1n) is 10.6. The van der Waals surface area contributed by atoms with Crippen LogP contribution in [0.4, 0.5) is 5.69 Å². The number of nitrogens with zero attached hydrogens (tertiary/aromatic N) is 3. The molecule has 5 nitrogen and oxygen atoms in total. The van der Waals surface area contributed by atoms with Crippen molar-refractivity contribution in [2.45, 2.75) is 18.4 Å². The number of ether oxygens (including phenoxy) is 1. The van der Waals surface area contributed by atoms with E-state index in [-0.39, 0.29) is 11.6 Å². The Kier molecular flexibility index (Phi) is 4.09. The quantitative estimate of drug-likeness (QED) is 0.522. The number of morpholine rings is 1. The van der Waals surface area contributed by atoms with E-state index in [9.17, 15) is 4.79 Å². The highest BCUT2D eigenvalue weighted by Crippen LogP contribution is 2.50. The number of benzene rings is 2. The Bertz CT molecular complexity index is 1310. The molecule has 3 heterocycles. The molecule has 0 N–H and O–H groups in total. The van der Waals surface area contributed by atoms with E-state index in [1.54, 1.807) is 0 Å². The Morgan fingerprint density at radius 1 is 0.900 bits per heavy atom. The van der Waals surface area contributed by atoms with Crippen molar-refractivity contribution in [3.63, 3.8) is 0 Å². The van der Waals surface area contributed by atoms with Gasteiger partial charge >= 0.3 is 0 Å². The van der Waals surface area contributed by atoms with Crippen LogP contribution in [0.1, 0.15) is 24.1 Å². The number of aromatic nitrogens is 2. The van der Waals surface area contributed by atoms with Crippen LogP contribution in [0.3, 0.4) is 0 Å². The fourth-order valence-corrected chi connectivity index (χ4v) is 4.71. The van der Waals surface area contributed by atoms with E-state index in [0.29, 0.717) is 5.92 Å². The van der Waals surface area contributed by atoms with Gasteiger partial charge in [-0.15, -0.1) is 0 Å². The van der Waals surface area contributed by atoms with Gasteiger partial charge in [0.25, 0.3) is 5.56 Å². The zero-order valence-corrected chi connectivity index (χ0v) is 16.7. The maximum absolute atomic E-state index is 13.3. The van der Waals surface area contributed by atoms with E-state index < -0.39 is 0 Å². The van der Waals surface area contributed by atoms with Crippen LogP contribution in [0, 0.1) is 0 Å². The summed E-state index contributed by atoms with van der Waals surface area (Å²) in [5.41, 5.74) is 3.31. The van der Waals surface area contributed by atoms with Gasteiger partial charge < -0.3 is 14.2 Å². The second kappa shape index (κ2) is 6.96. The highest BCUT2D eigenvalue weighted by molar-refractivity contribution is 5.93. The summed E-state index contributed by atoms with van der Waals surface area (Å²) in [6, 6.07) is 20.7. The topological polar surface area (TPSA) is 47.4 Å². The summed E-state index contributed by atoms with van der Waals surface area (Å²) < 4.78 is 7.39. The van der Waals surface area contributed by atoms with Gasteiger partial charge in [0.05, 0.1) is 18.7 Å². The number of hydrogen-bond donors (Lipinski definition) is 0. The summed E-state index contributed by atoms with van der Waals surface area (Å²) in [5.74, 6) is 0.298. The van der Waals surface area contributed by atoms with Crippen molar-refractivity contribution < 1.29 is 4.74 Å². The van der Waals surface area contributed by atoms with Crippen molar-refractivity contribution in [1.82, 2.24) is 9.55 Å². The van der Waals surface area contributed by atoms with Gasteiger partial charge in [-0.25, -0.2) is 0 Å². The van der Waals surface area contributed by atoms with E-state index in [0.717, 1.165) is 65.8 Å². The molecule has 2 atom stereocenters. The summed E-state index contributed by atoms with van der Waals surface area (Å²) in [6.45, 7) is 3.19. The summed E-state index contributed by atoms with van der Waals surface area (Å²) >= 11 is 0. The van der Waals surface area contributed by atoms with Crippen LogP contribution in [-0.2, 0) is 4.74 Å². The van der Waals surface area contributed by atoms with Gasteiger partial charge in [0.1, 0.15) is 0 Å². The largest absolute Gasteiger partial charge is 0.378 e. The van der Waals surface area contributed by atoms with Crippen molar-refractivity contribution >= 4 is 27.4 Å². The average molecular weight is 397 g/mol. The third-order valence-corrected chi connectivity index (χ3v) is 6.42. The molecule has 4 aromatic rings. The van der Waals surface area contributed by atoms with Crippen molar-refractivity contribution in [3.05, 3.63) is 82.9 Å². The molecule has 0 bridgehead atoms. The molecule has 2 aromatic carbocycles. The number of rotatable bonds is 3. The van der Waals surface area contributed by atoms with E-state index >= 15 is 0 Å². The zero-order chi connectivity index (χ0) is 20.1. The van der Waals surface area contributed by atoms with Crippen molar-refractivity contribution in [3.8, 4) is 0 Å². The van der Waals surface area contributed by atoms with Crippen molar-refractivity contribution in [1.29, 1.82) is 0 Å². The second-order valence-corrected chi connectivity index (χ2v) is 8.20. The molecule has 0 spiro atoms. The Morgan fingerprint density at radius 3 is 2.67 bits per heavy atom. The Hall–Kier alpha value is -3.18. The third kappa shape index (κ3) is 2.89. The summed E-state index contributed by atoms with van der Waals surface area (Å²) in [7, 11) is 0. The molecule has 1 saturated heterocycles. The molecule has 5 heteroatoms. The fraction of sp³-hybridized carbons (Fsp3) is 0.280. The lowest BCUT2D eigenvalue weighted by molar-refractivity contribution is 0.123. The number of hydrogen-bond acceptors (Lipinski definition) is 4. The van der Waals surface area contributed by atoms with E-state index in [2.05, 4.69) is 35.2 Å². The molecule has 1 aliphatic heterocycles. The minimum atomic E-state index is 0.0934. The van der Waals surface area contributed by atoms with E-state index in [1.807, 2.05) is 41.1 Å². The summed E-state index contributed by atoms with van der Waals surface area (Å²) in [4.78, 5) is 20.5. The van der Waals surface area contributed by atoms with Gasteiger partial charge in [0.2, 0.25) is 0 Å². The smallest absolute Gasteiger partial charge is 0.258 e. The first kappa shape index (κ1) is 17.7. The summed E-state index contributed by atoms with van der Waals surface area (Å²) in [6.07, 6.45) is 2.93. The van der Waals surface area contributed by atoms with Crippen molar-refractivity contribution in [2.75, 3.05) is 31.2 Å². The Morgan fingerprint density at radius 2 is 1.77 bits per heavy atom. The lowest BCUT2D eigenvalue weighted by Crippen LogP contribution is -2.36. The number of anilines is 1. The number of fused-ring (bicyclic) bond motifs is 2. The first-order chi connectivity index (χ1) is 14.8. The van der Waals surface area contributed by atoms with Crippen LogP contribution < -0.4 is 10.5 Å². The van der Waals surface area contributed by atoms with E-state index in [4.69, 9.17) is 9.72 Å². The zero-order valence-electron chi connectivity index (χ0n) is 16.7. The number of para-hydroxylation sites is 1. The molecular formula is C25H23N3O2. The van der Waals surface area contributed by atoms with Gasteiger partial charge in [-0.2, -0.15) is 0 Å². The molecular weight excluding hydrogens is 374 g/mol. The summed E-state index contributed by atoms with van der Waals surface area (Å²) in [5, 5.41) is 2.97. The average Bonchev–Trinajstić information content (AvgIpc) is 3.60. The van der Waals surface area contributed by atoms with Gasteiger partial charge in [-0.05, 0) is 36.8 Å². The predicted octanol–water partition coefficient (Wildman–Crippen LogP) is 4.11. The SMILES string of the molecule is O=c1c2cccc(N3CCOCC3)c2ccn1C1CC1c1ccc2ccccc2n1. The normalized spacial score (nSPS) is 21.3. The lowest BCUT2D eigenvalue weighted by atomic mass is 10.1. The molecule has 0 radical (unpaired) electrons. The molecule has 2 fully saturated rings.